The molecule has 0 amide bonds. The summed E-state index contributed by atoms with van der Waals surface area (Å²) in [7, 11) is -2.32. The Morgan fingerprint density at radius 1 is 1.12 bits per heavy atom. The number of rotatable bonds is 7. The van der Waals surface area contributed by atoms with Crippen molar-refractivity contribution in [3.63, 3.8) is 0 Å². The van der Waals surface area contributed by atoms with Gasteiger partial charge in [0.2, 0.25) is 26.6 Å². The molecule has 0 saturated carbocycles. The van der Waals surface area contributed by atoms with Crippen LogP contribution < -0.4 is 5.32 Å². The fourth-order valence-corrected chi connectivity index (χ4v) is 3.70. The van der Waals surface area contributed by atoms with Crippen molar-refractivity contribution in [1.29, 1.82) is 0 Å². The summed E-state index contributed by atoms with van der Waals surface area (Å²) in [5.41, 5.74) is 0.680. The van der Waals surface area contributed by atoms with Crippen molar-refractivity contribution in [2.45, 2.75) is 9.92 Å². The van der Waals surface area contributed by atoms with Gasteiger partial charge in [0.25, 0.3) is 0 Å². The van der Waals surface area contributed by atoms with Gasteiger partial charge in [-0.2, -0.15) is 4.98 Å². The predicted octanol–water partition coefficient (Wildman–Crippen LogP) is 3.89. The third kappa shape index (κ3) is 3.90. The Balaban J connectivity index is 2.06. The molecular weight excluding hydrogens is 376 g/mol. The van der Waals surface area contributed by atoms with Crippen LogP contribution in [0.25, 0.3) is 11.5 Å². The van der Waals surface area contributed by atoms with Crippen molar-refractivity contribution < 1.29 is 17.6 Å². The molecule has 8 heteroatoms. The fourth-order valence-electron chi connectivity index (χ4n) is 2.30. The van der Waals surface area contributed by atoms with Gasteiger partial charge in [-0.25, -0.2) is 8.42 Å². The van der Waals surface area contributed by atoms with Crippen LogP contribution in [0.4, 0.5) is 5.88 Å². The van der Waals surface area contributed by atoms with E-state index in [2.05, 4.69) is 10.3 Å². The van der Waals surface area contributed by atoms with Crippen molar-refractivity contribution in [3.05, 3.63) is 59.6 Å². The molecule has 6 nitrogen and oxygen atoms in total. The fraction of sp³-hybridized carbons (Fsp3) is 0.167. The van der Waals surface area contributed by atoms with E-state index in [-0.39, 0.29) is 21.7 Å². The van der Waals surface area contributed by atoms with E-state index >= 15 is 0 Å². The first-order valence-corrected chi connectivity index (χ1v) is 9.68. The molecule has 0 aliphatic rings. The summed E-state index contributed by atoms with van der Waals surface area (Å²) in [6, 6.07) is 15.0. The van der Waals surface area contributed by atoms with Gasteiger partial charge in [0.05, 0.1) is 11.5 Å². The van der Waals surface area contributed by atoms with E-state index in [9.17, 15) is 8.42 Å². The van der Waals surface area contributed by atoms with Gasteiger partial charge in [-0.15, -0.1) is 0 Å². The van der Waals surface area contributed by atoms with Crippen molar-refractivity contribution >= 4 is 27.3 Å². The van der Waals surface area contributed by atoms with Crippen LogP contribution >= 0.6 is 11.6 Å². The molecule has 0 radical (unpaired) electrons. The Morgan fingerprint density at radius 3 is 2.46 bits per heavy atom. The first kappa shape index (κ1) is 18.4. The van der Waals surface area contributed by atoms with Crippen molar-refractivity contribution in [2.75, 3.05) is 25.6 Å². The van der Waals surface area contributed by atoms with Gasteiger partial charge in [-0.05, 0) is 36.4 Å². The third-order valence-corrected chi connectivity index (χ3v) is 5.52. The second kappa shape index (κ2) is 7.90. The van der Waals surface area contributed by atoms with Crippen molar-refractivity contribution in [1.82, 2.24) is 4.98 Å². The summed E-state index contributed by atoms with van der Waals surface area (Å²) < 4.78 is 36.7. The molecule has 0 unspecified atom stereocenters. The molecule has 1 aromatic heterocycles. The highest BCUT2D eigenvalue weighted by molar-refractivity contribution is 7.91. The molecule has 2 aromatic carbocycles. The van der Waals surface area contributed by atoms with Gasteiger partial charge in [-0.1, -0.05) is 29.8 Å². The number of nitrogens with one attached hydrogen (secondary N) is 1. The standard InChI is InChI=1S/C18H17ClN2O4S/c1-24-12-11-20-17-18(21-16(25-17)13-5-3-2-4-6-13)26(22,23)15-9-7-14(19)8-10-15/h2-10,20H,11-12H2,1H3. The average molecular weight is 393 g/mol. The molecule has 3 rings (SSSR count). The normalized spacial score (nSPS) is 11.5. The number of ether oxygens (including phenoxy) is 1. The second-order valence-electron chi connectivity index (χ2n) is 5.40. The van der Waals surface area contributed by atoms with Crippen LogP contribution in [-0.4, -0.2) is 33.7 Å². The van der Waals surface area contributed by atoms with E-state index in [1.165, 1.54) is 24.3 Å². The Morgan fingerprint density at radius 2 is 1.81 bits per heavy atom. The van der Waals surface area contributed by atoms with E-state index in [1.54, 1.807) is 19.2 Å². The Hall–Kier alpha value is -2.35. The summed E-state index contributed by atoms with van der Waals surface area (Å²) in [6.45, 7) is 0.769. The molecule has 1 heterocycles. The molecule has 0 aliphatic carbocycles. The summed E-state index contributed by atoms with van der Waals surface area (Å²) in [5.74, 6) is 0.300. The number of nitrogens with zero attached hydrogens (tertiary/aromatic N) is 1. The molecule has 136 valence electrons. The quantitative estimate of drug-likeness (QED) is 0.614. The monoisotopic (exact) mass is 392 g/mol. The molecule has 0 saturated heterocycles. The zero-order chi connectivity index (χ0) is 18.6. The van der Waals surface area contributed by atoms with Crippen LogP contribution in [0, 0.1) is 0 Å². The largest absolute Gasteiger partial charge is 0.419 e. The molecule has 0 fully saturated rings. The second-order valence-corrected chi connectivity index (χ2v) is 7.70. The summed E-state index contributed by atoms with van der Waals surface area (Å²) in [6.07, 6.45) is 0. The lowest BCUT2D eigenvalue weighted by Crippen LogP contribution is -2.11. The number of aromatic nitrogens is 1. The minimum atomic E-state index is -3.88. The van der Waals surface area contributed by atoms with E-state index in [0.29, 0.717) is 23.7 Å². The highest BCUT2D eigenvalue weighted by Crippen LogP contribution is 2.32. The maximum Gasteiger partial charge on any atom is 0.233 e. The van der Waals surface area contributed by atoms with Crippen LogP contribution in [0.5, 0.6) is 0 Å². The van der Waals surface area contributed by atoms with E-state index in [4.69, 9.17) is 20.8 Å². The smallest absolute Gasteiger partial charge is 0.233 e. The molecule has 0 atom stereocenters. The van der Waals surface area contributed by atoms with Gasteiger partial charge in [-0.3, -0.25) is 0 Å². The lowest BCUT2D eigenvalue weighted by molar-refractivity contribution is 0.210. The van der Waals surface area contributed by atoms with E-state index < -0.39 is 9.84 Å². The van der Waals surface area contributed by atoms with Crippen LogP contribution in [0.15, 0.2) is 68.9 Å². The van der Waals surface area contributed by atoms with Crippen LogP contribution in [0.3, 0.4) is 0 Å². The minimum Gasteiger partial charge on any atom is -0.419 e. The molecule has 0 spiro atoms. The Kier molecular flexibility index (Phi) is 5.61. The number of methoxy groups -OCH3 is 1. The summed E-state index contributed by atoms with van der Waals surface area (Å²) in [5, 5.41) is 3.21. The molecule has 0 aliphatic heterocycles. The lowest BCUT2D eigenvalue weighted by atomic mass is 10.2. The van der Waals surface area contributed by atoms with Crippen LogP contribution in [0.1, 0.15) is 0 Å². The molecule has 1 N–H and O–H groups in total. The van der Waals surface area contributed by atoms with Gasteiger partial charge >= 0.3 is 0 Å². The van der Waals surface area contributed by atoms with Gasteiger partial charge in [0, 0.05) is 24.2 Å². The third-order valence-electron chi connectivity index (χ3n) is 3.59. The minimum absolute atomic E-state index is 0.0795. The number of hydrogen-bond acceptors (Lipinski definition) is 6. The topological polar surface area (TPSA) is 81.4 Å². The Bertz CT molecular complexity index is 970. The molecular formula is C18H17ClN2O4S. The van der Waals surface area contributed by atoms with Crippen molar-refractivity contribution in [2.24, 2.45) is 0 Å². The zero-order valence-corrected chi connectivity index (χ0v) is 15.5. The number of hydrogen-bond donors (Lipinski definition) is 1. The Labute approximate surface area is 156 Å². The zero-order valence-electron chi connectivity index (χ0n) is 14.0. The molecule has 26 heavy (non-hydrogen) atoms. The number of halogens is 1. The average Bonchev–Trinajstić information content (AvgIpc) is 3.08. The summed E-state index contributed by atoms with van der Waals surface area (Å²) >= 11 is 5.85. The van der Waals surface area contributed by atoms with Gasteiger partial charge in [0.1, 0.15) is 0 Å². The molecule has 0 bridgehead atoms. The van der Waals surface area contributed by atoms with E-state index in [1.807, 2.05) is 18.2 Å². The first-order valence-electron chi connectivity index (χ1n) is 7.82. The summed E-state index contributed by atoms with van der Waals surface area (Å²) in [4.78, 5) is 4.33. The lowest BCUT2D eigenvalue weighted by Gasteiger charge is -2.05. The van der Waals surface area contributed by atoms with Gasteiger partial charge in [0.15, 0.2) is 0 Å². The number of oxazole rings is 1. The molecule has 3 aromatic rings. The highest BCUT2D eigenvalue weighted by Gasteiger charge is 2.28. The van der Waals surface area contributed by atoms with Crippen LogP contribution in [0.2, 0.25) is 5.02 Å². The predicted molar refractivity (Wildman–Crippen MR) is 99.2 cm³/mol. The highest BCUT2D eigenvalue weighted by atomic mass is 35.5. The van der Waals surface area contributed by atoms with Crippen LogP contribution in [-0.2, 0) is 14.6 Å². The number of anilines is 1. The number of sulfone groups is 1. The van der Waals surface area contributed by atoms with E-state index in [0.717, 1.165) is 0 Å². The SMILES string of the molecule is COCCNc1oc(-c2ccccc2)nc1S(=O)(=O)c1ccc(Cl)cc1. The first-order chi connectivity index (χ1) is 12.5. The maximum atomic E-state index is 13.0. The van der Waals surface area contributed by atoms with Gasteiger partial charge < -0.3 is 14.5 Å². The van der Waals surface area contributed by atoms with Crippen molar-refractivity contribution in [3.8, 4) is 11.5 Å². The number of benzene rings is 2. The maximum absolute atomic E-state index is 13.0.